The fourth-order valence-corrected chi connectivity index (χ4v) is 2.45. The van der Waals surface area contributed by atoms with E-state index in [9.17, 15) is 4.79 Å². The molecule has 0 atom stereocenters. The summed E-state index contributed by atoms with van der Waals surface area (Å²) < 4.78 is 6.35. The van der Waals surface area contributed by atoms with E-state index in [4.69, 9.17) is 4.74 Å². The molecule has 3 nitrogen and oxygen atoms in total. The molecule has 2 rings (SSSR count). The Bertz CT molecular complexity index is 623. The van der Waals surface area contributed by atoms with E-state index in [-0.39, 0.29) is 13.4 Å². The summed E-state index contributed by atoms with van der Waals surface area (Å²) in [6.07, 6.45) is 0. The van der Waals surface area contributed by atoms with Crippen LogP contribution < -0.4 is 4.74 Å². The Morgan fingerprint density at radius 2 is 1.95 bits per heavy atom. The van der Waals surface area contributed by atoms with Crippen LogP contribution in [0, 0.1) is 0 Å². The van der Waals surface area contributed by atoms with Crippen molar-refractivity contribution in [3.8, 4) is 5.75 Å². The minimum atomic E-state index is -0.295. The average Bonchev–Trinajstić information content (AvgIpc) is 2.31. The third-order valence-electron chi connectivity index (χ3n) is 2.78. The maximum Gasteiger partial charge on any atom is 0.308 e. The molecule has 108 valence electrons. The average molecular weight is 338 g/mol. The van der Waals surface area contributed by atoms with Crippen LogP contribution >= 0.6 is 15.9 Å². The Kier molecular flexibility index (Phi) is 5.72. The summed E-state index contributed by atoms with van der Waals surface area (Å²) in [7, 11) is 3.99. The van der Waals surface area contributed by atoms with E-state index in [1.165, 1.54) is 6.92 Å². The third kappa shape index (κ3) is 3.81. The molecule has 0 heterocycles. The zero-order valence-electron chi connectivity index (χ0n) is 11.2. The van der Waals surface area contributed by atoms with Crippen LogP contribution in [-0.4, -0.2) is 25.0 Å². The molecule has 0 aromatic heterocycles. The topological polar surface area (TPSA) is 29.5 Å². The maximum atomic E-state index is 11.2. The van der Waals surface area contributed by atoms with Crippen molar-refractivity contribution in [2.24, 2.45) is 0 Å². The second-order valence-electron chi connectivity index (χ2n) is 4.74. The van der Waals surface area contributed by atoms with Gasteiger partial charge in [0.25, 0.3) is 0 Å². The van der Waals surface area contributed by atoms with Gasteiger partial charge in [-0.15, -0.1) is 0 Å². The van der Waals surface area contributed by atoms with Gasteiger partial charge in [-0.2, -0.15) is 0 Å². The summed E-state index contributed by atoms with van der Waals surface area (Å²) in [6, 6.07) is 9.93. The van der Waals surface area contributed by atoms with Crippen molar-refractivity contribution < 1.29 is 9.53 Å². The van der Waals surface area contributed by atoms with Crippen molar-refractivity contribution in [2.45, 2.75) is 20.9 Å². The van der Waals surface area contributed by atoms with Gasteiger partial charge in [0.15, 0.2) is 0 Å². The van der Waals surface area contributed by atoms with Crippen LogP contribution in [0.3, 0.4) is 0 Å². The number of carbonyl (C=O) groups excluding carboxylic acids is 1. The minimum absolute atomic E-state index is 0. The van der Waals surface area contributed by atoms with Gasteiger partial charge in [-0.25, -0.2) is 0 Å². The second kappa shape index (κ2) is 6.86. The van der Waals surface area contributed by atoms with E-state index < -0.39 is 0 Å². The van der Waals surface area contributed by atoms with E-state index >= 15 is 0 Å². The van der Waals surface area contributed by atoms with Crippen molar-refractivity contribution in [1.82, 2.24) is 4.90 Å². The summed E-state index contributed by atoms with van der Waals surface area (Å²) in [5.74, 6) is 0.340. The van der Waals surface area contributed by atoms with Gasteiger partial charge in [0.05, 0.1) is 0 Å². The van der Waals surface area contributed by atoms with Crippen LogP contribution in [-0.2, 0) is 11.3 Å². The number of carbonyl (C=O) groups is 1. The monoisotopic (exact) mass is 337 g/mol. The molecule has 2 aromatic carbocycles. The summed E-state index contributed by atoms with van der Waals surface area (Å²) in [4.78, 5) is 13.3. The molecule has 2 aromatic rings. The molecule has 20 heavy (non-hydrogen) atoms. The molecule has 0 saturated heterocycles. The number of ether oxygens (including phenoxy) is 1. The van der Waals surface area contributed by atoms with Crippen molar-refractivity contribution >= 4 is 32.7 Å². The fourth-order valence-electron chi connectivity index (χ4n) is 2.07. The van der Waals surface area contributed by atoms with E-state index in [2.05, 4.69) is 26.9 Å². The molecule has 0 fully saturated rings. The Balaban J connectivity index is 0.00000200. The molecule has 0 aliphatic rings. The highest BCUT2D eigenvalue weighted by Gasteiger charge is 2.11. The molecule has 0 spiro atoms. The molecule has 0 saturated carbocycles. The van der Waals surface area contributed by atoms with Gasteiger partial charge in [0.1, 0.15) is 5.75 Å². The molecule has 0 aliphatic carbocycles. The number of benzene rings is 2. The van der Waals surface area contributed by atoms with Crippen LogP contribution in [0.4, 0.5) is 0 Å². The van der Waals surface area contributed by atoms with Crippen LogP contribution in [0.15, 0.2) is 34.8 Å². The highest BCUT2D eigenvalue weighted by atomic mass is 79.9. The number of nitrogens with zero attached hydrogens (tertiary/aromatic N) is 1. The fraction of sp³-hybridized carbons (Fsp3) is 0.312. The van der Waals surface area contributed by atoms with E-state index in [1.807, 2.05) is 38.4 Å². The largest absolute Gasteiger partial charge is 0.426 e. The smallest absolute Gasteiger partial charge is 0.308 e. The lowest BCUT2D eigenvalue weighted by Gasteiger charge is -2.16. The zero-order chi connectivity index (χ0) is 14.0. The maximum absolute atomic E-state index is 11.2. The first kappa shape index (κ1) is 16.7. The van der Waals surface area contributed by atoms with Gasteiger partial charge in [-0.1, -0.05) is 35.5 Å². The molecule has 0 aliphatic heterocycles. The van der Waals surface area contributed by atoms with Gasteiger partial charge < -0.3 is 9.64 Å². The molecule has 4 heteroatoms. The number of hydrogen-bond acceptors (Lipinski definition) is 3. The third-order valence-corrected chi connectivity index (χ3v) is 3.27. The Morgan fingerprint density at radius 3 is 2.55 bits per heavy atom. The van der Waals surface area contributed by atoms with Crippen LogP contribution in [0.1, 0.15) is 19.9 Å². The number of fused-ring (bicyclic) bond motifs is 1. The lowest BCUT2D eigenvalue weighted by atomic mass is 10.0. The number of hydrogen-bond donors (Lipinski definition) is 0. The summed E-state index contributed by atoms with van der Waals surface area (Å²) in [5.41, 5.74) is 1.03. The molecule has 0 bridgehead atoms. The highest BCUT2D eigenvalue weighted by molar-refractivity contribution is 9.10. The van der Waals surface area contributed by atoms with Gasteiger partial charge in [0.2, 0.25) is 0 Å². The van der Waals surface area contributed by atoms with Gasteiger partial charge in [0, 0.05) is 23.5 Å². The molecule has 0 radical (unpaired) electrons. The van der Waals surface area contributed by atoms with Crippen LogP contribution in [0.5, 0.6) is 5.75 Å². The van der Waals surface area contributed by atoms with Crippen LogP contribution in [0.2, 0.25) is 0 Å². The quantitative estimate of drug-likeness (QED) is 0.620. The standard InChI is InChI=1S/C15H16BrNO2.CH4/c1-10(18)19-15-7-4-11-8-12(16)5-6-13(11)14(15)9-17(2)3;/h4-8H,9H2,1-3H3;1H4. The van der Waals surface area contributed by atoms with E-state index in [0.29, 0.717) is 5.75 Å². The summed E-state index contributed by atoms with van der Waals surface area (Å²) in [6.45, 7) is 2.15. The molecule has 0 amide bonds. The number of halogens is 1. The predicted molar refractivity (Wildman–Crippen MR) is 87.1 cm³/mol. The van der Waals surface area contributed by atoms with Crippen LogP contribution in [0.25, 0.3) is 10.8 Å². The number of esters is 1. The van der Waals surface area contributed by atoms with Gasteiger partial charge in [-0.05, 0) is 43.1 Å². The second-order valence-corrected chi connectivity index (χ2v) is 5.65. The van der Waals surface area contributed by atoms with Crippen molar-refractivity contribution in [3.63, 3.8) is 0 Å². The lowest BCUT2D eigenvalue weighted by molar-refractivity contribution is -0.131. The minimum Gasteiger partial charge on any atom is -0.426 e. The molecular formula is C16H20BrNO2. The van der Waals surface area contributed by atoms with E-state index in [0.717, 1.165) is 27.4 Å². The normalized spacial score (nSPS) is 10.4. The SMILES string of the molecule is C.CC(=O)Oc1ccc2cc(Br)ccc2c1CN(C)C. The predicted octanol–water partition coefficient (Wildman–Crippen LogP) is 4.23. The van der Waals surface area contributed by atoms with Crippen molar-refractivity contribution in [3.05, 3.63) is 40.4 Å². The Hall–Kier alpha value is -1.39. The summed E-state index contributed by atoms with van der Waals surface area (Å²) in [5, 5.41) is 2.23. The zero-order valence-corrected chi connectivity index (χ0v) is 12.8. The molecule has 0 unspecified atom stereocenters. The van der Waals surface area contributed by atoms with Crippen molar-refractivity contribution in [1.29, 1.82) is 0 Å². The van der Waals surface area contributed by atoms with E-state index in [1.54, 1.807) is 0 Å². The van der Waals surface area contributed by atoms with Crippen molar-refractivity contribution in [2.75, 3.05) is 14.1 Å². The summed E-state index contributed by atoms with van der Waals surface area (Å²) >= 11 is 3.47. The molecular weight excluding hydrogens is 318 g/mol. The van der Waals surface area contributed by atoms with Gasteiger partial charge >= 0.3 is 5.97 Å². The first-order chi connectivity index (χ1) is 8.97. The Morgan fingerprint density at radius 1 is 1.25 bits per heavy atom. The first-order valence-corrected chi connectivity index (χ1v) is 6.81. The molecule has 0 N–H and O–H groups in total. The lowest BCUT2D eigenvalue weighted by Crippen LogP contribution is -2.13. The number of rotatable bonds is 3. The first-order valence-electron chi connectivity index (χ1n) is 6.01. The Labute approximate surface area is 128 Å². The highest BCUT2D eigenvalue weighted by Crippen LogP contribution is 2.31. The van der Waals surface area contributed by atoms with Gasteiger partial charge in [-0.3, -0.25) is 4.79 Å².